The summed E-state index contributed by atoms with van der Waals surface area (Å²) in [5.41, 5.74) is 12.2. The van der Waals surface area contributed by atoms with E-state index in [9.17, 15) is 0 Å². The molecule has 0 spiro atoms. The van der Waals surface area contributed by atoms with E-state index < -0.39 is 0 Å². The van der Waals surface area contributed by atoms with E-state index in [2.05, 4.69) is 220 Å². The first-order valence-electron chi connectivity index (χ1n) is 21.2. The number of ether oxygens (including phenoxy) is 1. The van der Waals surface area contributed by atoms with Crippen LogP contribution in [0.5, 0.6) is 11.5 Å². The molecule has 1 aliphatic rings. The molecule has 61 heavy (non-hydrogen) atoms. The van der Waals surface area contributed by atoms with Crippen LogP contribution in [0.3, 0.4) is 0 Å². The monoisotopic (exact) mass is 986 g/mol. The Morgan fingerprint density at radius 3 is 1.85 bits per heavy atom. The number of aromatic nitrogens is 2. The number of anilines is 2. The molecule has 5 aromatic carbocycles. The number of hydrogen-bond donors (Lipinski definition) is 0. The molecule has 0 unspecified atom stereocenters. The van der Waals surface area contributed by atoms with Crippen LogP contribution in [0.15, 0.2) is 127 Å². The summed E-state index contributed by atoms with van der Waals surface area (Å²) in [5.74, 6) is 2.09. The van der Waals surface area contributed by atoms with Gasteiger partial charge in [-0.15, -0.1) is 48.3 Å². The number of rotatable bonds is 7. The third-order valence-electron chi connectivity index (χ3n) is 12.3. The predicted molar refractivity (Wildman–Crippen MR) is 252 cm³/mol. The van der Waals surface area contributed by atoms with Crippen molar-refractivity contribution in [2.75, 3.05) is 9.80 Å². The van der Waals surface area contributed by atoms with Crippen molar-refractivity contribution >= 4 is 33.2 Å². The molecule has 1 aliphatic heterocycles. The van der Waals surface area contributed by atoms with Gasteiger partial charge in [-0.2, -0.15) is 6.07 Å². The van der Waals surface area contributed by atoms with E-state index in [4.69, 9.17) is 9.72 Å². The van der Waals surface area contributed by atoms with Crippen molar-refractivity contribution in [2.24, 2.45) is 0 Å². The summed E-state index contributed by atoms with van der Waals surface area (Å²) in [4.78, 5) is 9.49. The Bertz CT molecular complexity index is 2740. The Morgan fingerprint density at radius 1 is 0.574 bits per heavy atom. The predicted octanol–water partition coefficient (Wildman–Crippen LogP) is 14.5. The van der Waals surface area contributed by atoms with Crippen LogP contribution in [-0.4, -0.2) is 9.55 Å². The van der Waals surface area contributed by atoms with E-state index in [0.717, 1.165) is 50.3 Å². The fourth-order valence-electron chi connectivity index (χ4n) is 8.30. The zero-order valence-corrected chi connectivity index (χ0v) is 40.3. The largest absolute Gasteiger partial charge is 0.509 e. The molecule has 0 saturated heterocycles. The maximum Gasteiger partial charge on any atom is 0.135 e. The molecule has 2 aromatic heterocycles. The molecular formula is C55H59N4OPt-3. The number of allylic oxidation sites excluding steroid dienone is 2. The van der Waals surface area contributed by atoms with Crippen molar-refractivity contribution < 1.29 is 25.8 Å². The van der Waals surface area contributed by atoms with Gasteiger partial charge in [0.1, 0.15) is 5.82 Å². The van der Waals surface area contributed by atoms with Gasteiger partial charge in [-0.3, -0.25) is 0 Å². The molecule has 0 aliphatic carbocycles. The van der Waals surface area contributed by atoms with Gasteiger partial charge in [0, 0.05) is 61.4 Å². The molecule has 0 bridgehead atoms. The van der Waals surface area contributed by atoms with Crippen molar-refractivity contribution in [3.8, 4) is 17.3 Å². The van der Waals surface area contributed by atoms with Gasteiger partial charge in [0.05, 0.1) is 0 Å². The molecular weight excluding hydrogens is 928 g/mol. The number of nitrogens with zero attached hydrogens (tertiary/aromatic N) is 4. The van der Waals surface area contributed by atoms with Crippen LogP contribution in [-0.2, 0) is 42.7 Å². The minimum atomic E-state index is -0.377. The first-order valence-corrected chi connectivity index (χ1v) is 21.2. The second-order valence-corrected chi connectivity index (χ2v) is 20.1. The van der Waals surface area contributed by atoms with E-state index in [1.165, 1.54) is 28.0 Å². The Labute approximate surface area is 378 Å². The zero-order chi connectivity index (χ0) is 42.9. The first-order chi connectivity index (χ1) is 28.2. The standard InChI is InChI=1S/C55H59N4O.Pt/c1-36-37(2)58(43-29-40(53(6,7)8)28-41(30-43)54(9,10)11)35-57(36)42-22-19-23-44(32-42)60-45-33-47(55(12,13)38-20-15-14-16-21-38)51-46-24-17-18-25-48(46)59(49(51)34-45)50-31-39(26-27-56-50)52(3,4)5;/h14-31,33,35H,1-13H3;/q-3;. The summed E-state index contributed by atoms with van der Waals surface area (Å²) in [5, 5.41) is 2.29. The molecule has 0 N–H and O–H groups in total. The van der Waals surface area contributed by atoms with Crippen LogP contribution in [0, 0.1) is 18.8 Å². The van der Waals surface area contributed by atoms with Gasteiger partial charge in [0.15, 0.2) is 0 Å². The van der Waals surface area contributed by atoms with Crippen LogP contribution in [0.25, 0.3) is 27.6 Å². The molecule has 0 fully saturated rings. The fourth-order valence-corrected chi connectivity index (χ4v) is 8.30. The Kier molecular flexibility index (Phi) is 11.5. The quantitative estimate of drug-likeness (QED) is 0.149. The molecule has 0 atom stereocenters. The smallest absolute Gasteiger partial charge is 0.135 e. The summed E-state index contributed by atoms with van der Waals surface area (Å²) >= 11 is 0. The third-order valence-corrected chi connectivity index (χ3v) is 12.3. The van der Waals surface area contributed by atoms with Gasteiger partial charge in [-0.1, -0.05) is 142 Å². The fraction of sp³-hybridized carbons (Fsp3) is 0.309. The Hall–Kier alpha value is -5.12. The molecule has 6 heteroatoms. The number of para-hydroxylation sites is 1. The number of pyridine rings is 1. The summed E-state index contributed by atoms with van der Waals surface area (Å²) in [6.45, 7) is 31.6. The summed E-state index contributed by atoms with van der Waals surface area (Å²) in [7, 11) is 0. The molecule has 0 radical (unpaired) electrons. The first kappa shape index (κ1) is 44.0. The van der Waals surface area contributed by atoms with Crippen LogP contribution < -0.4 is 14.5 Å². The van der Waals surface area contributed by atoms with Crippen LogP contribution in [0.4, 0.5) is 11.4 Å². The van der Waals surface area contributed by atoms with Crippen LogP contribution >= 0.6 is 0 Å². The van der Waals surface area contributed by atoms with E-state index in [-0.39, 0.29) is 42.7 Å². The Balaban J connectivity index is 0.00000561. The van der Waals surface area contributed by atoms with Gasteiger partial charge in [0.25, 0.3) is 0 Å². The minimum absolute atomic E-state index is 0. The average molecular weight is 987 g/mol. The number of fused-ring (bicyclic) bond motifs is 3. The Morgan fingerprint density at radius 2 is 1.20 bits per heavy atom. The van der Waals surface area contributed by atoms with Crippen LogP contribution in [0.2, 0.25) is 0 Å². The van der Waals surface area contributed by atoms with Crippen molar-refractivity contribution in [1.29, 1.82) is 0 Å². The second-order valence-electron chi connectivity index (χ2n) is 20.1. The normalized spacial score (nSPS) is 14.0. The van der Waals surface area contributed by atoms with Gasteiger partial charge in [-0.25, -0.2) is 4.98 Å². The summed E-state index contributed by atoms with van der Waals surface area (Å²) < 4.78 is 9.14. The topological polar surface area (TPSA) is 33.5 Å². The van der Waals surface area contributed by atoms with Crippen LogP contribution in [0.1, 0.15) is 118 Å². The number of hydrogen-bond acceptors (Lipinski definition) is 4. The molecule has 0 amide bonds. The number of benzene rings is 5. The van der Waals surface area contributed by atoms with Gasteiger partial charge in [-0.05, 0) is 93.5 Å². The average Bonchev–Trinajstić information content (AvgIpc) is 3.69. The van der Waals surface area contributed by atoms with Crippen molar-refractivity contribution in [3.63, 3.8) is 0 Å². The summed E-state index contributed by atoms with van der Waals surface area (Å²) in [6, 6.07) is 46.4. The molecule has 318 valence electrons. The molecule has 8 rings (SSSR count). The molecule has 5 nitrogen and oxygen atoms in total. The molecule has 7 aromatic rings. The van der Waals surface area contributed by atoms with E-state index in [0.29, 0.717) is 11.5 Å². The van der Waals surface area contributed by atoms with E-state index in [1.807, 2.05) is 18.3 Å². The van der Waals surface area contributed by atoms with Gasteiger partial charge in [0.2, 0.25) is 0 Å². The summed E-state index contributed by atoms with van der Waals surface area (Å²) in [6.07, 6.45) is 1.92. The second kappa shape index (κ2) is 16.0. The zero-order valence-electron chi connectivity index (χ0n) is 38.1. The van der Waals surface area contributed by atoms with Crippen molar-refractivity contribution in [2.45, 2.75) is 112 Å². The maximum atomic E-state index is 6.89. The van der Waals surface area contributed by atoms with E-state index >= 15 is 0 Å². The van der Waals surface area contributed by atoms with Crippen molar-refractivity contribution in [3.05, 3.63) is 173 Å². The molecule has 3 heterocycles. The molecule has 0 saturated carbocycles. The third kappa shape index (κ3) is 8.31. The SMILES string of the molecule is CC1=C(C)N(c2cc(C(C)(C)C)cc(C(C)(C)C)c2)[CH-]N1c1[c-]c(Oc2[c-]c3c(c(C(C)(C)c4ccccc4)c2)c2ccccc2n3-c2cc(C(C)(C)C)ccn2)ccc1.[Pt]. The minimum Gasteiger partial charge on any atom is -0.509 e. The van der Waals surface area contributed by atoms with Gasteiger partial charge >= 0.3 is 0 Å². The maximum absolute atomic E-state index is 6.89. The van der Waals surface area contributed by atoms with E-state index in [1.54, 1.807) is 0 Å². The van der Waals surface area contributed by atoms with Crippen molar-refractivity contribution in [1.82, 2.24) is 9.55 Å². The van der Waals surface area contributed by atoms with Gasteiger partial charge < -0.3 is 19.1 Å².